The van der Waals surface area contributed by atoms with E-state index in [4.69, 9.17) is 4.74 Å². The summed E-state index contributed by atoms with van der Waals surface area (Å²) in [6.45, 7) is 3.45. The first-order valence-electron chi connectivity index (χ1n) is 7.95. The minimum Gasteiger partial charge on any atom is -0.377 e. The average molecular weight is 342 g/mol. The maximum absolute atomic E-state index is 11.8. The molecule has 0 saturated carbocycles. The zero-order chi connectivity index (χ0) is 15.8. The molecule has 1 aliphatic rings. The average Bonchev–Trinajstić information content (AvgIpc) is 2.99. The Bertz CT molecular complexity index is 459. The molecule has 5 nitrogen and oxygen atoms in total. The number of benzene rings is 1. The van der Waals surface area contributed by atoms with Crippen molar-refractivity contribution in [2.45, 2.75) is 32.0 Å². The zero-order valence-corrected chi connectivity index (χ0v) is 14.8. The lowest BCUT2D eigenvalue weighted by Crippen LogP contribution is -2.36. The topological polar surface area (TPSA) is 53.6 Å². The van der Waals surface area contributed by atoms with Crippen molar-refractivity contribution >= 4 is 18.3 Å². The molecule has 1 saturated heterocycles. The SMILES string of the molecule is CN(C)Cc1ccc(CNC(=O)CNCC2CCCO2)cc1.Cl. The summed E-state index contributed by atoms with van der Waals surface area (Å²) in [4.78, 5) is 13.9. The van der Waals surface area contributed by atoms with E-state index in [1.807, 2.05) is 0 Å². The second kappa shape index (κ2) is 10.6. The first-order chi connectivity index (χ1) is 10.6. The monoisotopic (exact) mass is 341 g/mol. The summed E-state index contributed by atoms with van der Waals surface area (Å²) in [5.74, 6) is 0.0235. The quantitative estimate of drug-likeness (QED) is 0.753. The minimum atomic E-state index is 0. The van der Waals surface area contributed by atoms with Gasteiger partial charge in [-0.1, -0.05) is 24.3 Å². The fourth-order valence-corrected chi connectivity index (χ4v) is 2.54. The van der Waals surface area contributed by atoms with Crippen molar-refractivity contribution in [3.8, 4) is 0 Å². The summed E-state index contributed by atoms with van der Waals surface area (Å²) in [5, 5.41) is 6.08. The molecule has 1 aliphatic heterocycles. The van der Waals surface area contributed by atoms with Gasteiger partial charge < -0.3 is 20.3 Å². The highest BCUT2D eigenvalue weighted by molar-refractivity contribution is 5.85. The van der Waals surface area contributed by atoms with Crippen LogP contribution >= 0.6 is 12.4 Å². The largest absolute Gasteiger partial charge is 0.377 e. The Balaban J connectivity index is 0.00000264. The number of halogens is 1. The molecule has 0 radical (unpaired) electrons. The minimum absolute atomic E-state index is 0. The molecule has 1 heterocycles. The van der Waals surface area contributed by atoms with Gasteiger partial charge in [0.1, 0.15) is 0 Å². The fourth-order valence-electron chi connectivity index (χ4n) is 2.54. The lowest BCUT2D eigenvalue weighted by molar-refractivity contribution is -0.120. The number of amides is 1. The molecule has 0 aromatic heterocycles. The summed E-state index contributed by atoms with van der Waals surface area (Å²) in [6, 6.07) is 8.35. The molecule has 1 unspecified atom stereocenters. The Morgan fingerprint density at radius 3 is 2.57 bits per heavy atom. The summed E-state index contributed by atoms with van der Waals surface area (Å²) < 4.78 is 5.50. The highest BCUT2D eigenvalue weighted by atomic mass is 35.5. The molecule has 1 fully saturated rings. The third-order valence-corrected chi connectivity index (χ3v) is 3.69. The van der Waals surface area contributed by atoms with Crippen molar-refractivity contribution in [3.05, 3.63) is 35.4 Å². The van der Waals surface area contributed by atoms with E-state index in [1.165, 1.54) is 5.56 Å². The van der Waals surface area contributed by atoms with Gasteiger partial charge in [-0.05, 0) is 38.1 Å². The maximum atomic E-state index is 11.8. The number of hydrogen-bond donors (Lipinski definition) is 2. The number of nitrogens with one attached hydrogen (secondary N) is 2. The molecule has 0 spiro atoms. The lowest BCUT2D eigenvalue weighted by Gasteiger charge is -2.12. The highest BCUT2D eigenvalue weighted by Gasteiger charge is 2.14. The number of nitrogens with zero attached hydrogens (tertiary/aromatic N) is 1. The molecule has 0 bridgehead atoms. The zero-order valence-electron chi connectivity index (χ0n) is 14.0. The summed E-state index contributed by atoms with van der Waals surface area (Å²) in [7, 11) is 4.11. The van der Waals surface area contributed by atoms with Crippen LogP contribution in [-0.4, -0.2) is 50.7 Å². The highest BCUT2D eigenvalue weighted by Crippen LogP contribution is 2.10. The van der Waals surface area contributed by atoms with E-state index >= 15 is 0 Å². The molecule has 23 heavy (non-hydrogen) atoms. The second-order valence-electron chi connectivity index (χ2n) is 6.10. The Morgan fingerprint density at radius 1 is 1.26 bits per heavy atom. The van der Waals surface area contributed by atoms with Gasteiger partial charge in [0.05, 0.1) is 12.6 Å². The lowest BCUT2D eigenvalue weighted by atomic mass is 10.1. The Labute approximate surface area is 145 Å². The molecule has 2 N–H and O–H groups in total. The summed E-state index contributed by atoms with van der Waals surface area (Å²) in [6.07, 6.45) is 2.49. The molecule has 1 aromatic carbocycles. The maximum Gasteiger partial charge on any atom is 0.234 e. The van der Waals surface area contributed by atoms with Crippen molar-refractivity contribution in [1.29, 1.82) is 0 Å². The van der Waals surface area contributed by atoms with E-state index in [2.05, 4.69) is 53.9 Å². The van der Waals surface area contributed by atoms with Crippen LogP contribution < -0.4 is 10.6 Å². The van der Waals surface area contributed by atoms with Gasteiger partial charge in [-0.15, -0.1) is 12.4 Å². The number of hydrogen-bond acceptors (Lipinski definition) is 4. The van der Waals surface area contributed by atoms with Gasteiger partial charge in [-0.3, -0.25) is 4.79 Å². The molecule has 2 rings (SSSR count). The number of ether oxygens (including phenoxy) is 1. The molecule has 1 aromatic rings. The van der Waals surface area contributed by atoms with Gasteiger partial charge >= 0.3 is 0 Å². The fraction of sp³-hybridized carbons (Fsp3) is 0.588. The van der Waals surface area contributed by atoms with Crippen LogP contribution in [0.3, 0.4) is 0 Å². The Kier molecular flexibility index (Phi) is 9.17. The van der Waals surface area contributed by atoms with E-state index in [0.717, 1.165) is 38.1 Å². The van der Waals surface area contributed by atoms with Gasteiger partial charge in [-0.25, -0.2) is 0 Å². The van der Waals surface area contributed by atoms with E-state index in [9.17, 15) is 4.79 Å². The Hall–Kier alpha value is -1.14. The van der Waals surface area contributed by atoms with Gasteiger partial charge in [0.15, 0.2) is 0 Å². The van der Waals surface area contributed by atoms with Crippen molar-refractivity contribution in [3.63, 3.8) is 0 Å². The normalized spacial score (nSPS) is 17.1. The molecule has 1 atom stereocenters. The molecule has 130 valence electrons. The van der Waals surface area contributed by atoms with Crippen LogP contribution in [-0.2, 0) is 22.6 Å². The molecular formula is C17H28ClN3O2. The van der Waals surface area contributed by atoms with Crippen LogP contribution in [0.2, 0.25) is 0 Å². The van der Waals surface area contributed by atoms with Crippen LogP contribution in [0.25, 0.3) is 0 Å². The second-order valence-corrected chi connectivity index (χ2v) is 6.10. The first-order valence-corrected chi connectivity index (χ1v) is 7.95. The van der Waals surface area contributed by atoms with Crippen LogP contribution in [0.5, 0.6) is 0 Å². The van der Waals surface area contributed by atoms with Crippen LogP contribution in [0.4, 0.5) is 0 Å². The molecular weight excluding hydrogens is 314 g/mol. The van der Waals surface area contributed by atoms with Crippen molar-refractivity contribution in [2.75, 3.05) is 33.8 Å². The number of carbonyl (C=O) groups excluding carboxylic acids is 1. The number of carbonyl (C=O) groups is 1. The van der Waals surface area contributed by atoms with E-state index < -0.39 is 0 Å². The van der Waals surface area contributed by atoms with Crippen molar-refractivity contribution < 1.29 is 9.53 Å². The van der Waals surface area contributed by atoms with Crippen LogP contribution in [0.1, 0.15) is 24.0 Å². The van der Waals surface area contributed by atoms with E-state index in [-0.39, 0.29) is 24.4 Å². The van der Waals surface area contributed by atoms with Gasteiger partial charge in [-0.2, -0.15) is 0 Å². The molecule has 1 amide bonds. The van der Waals surface area contributed by atoms with Crippen LogP contribution in [0.15, 0.2) is 24.3 Å². The predicted molar refractivity (Wildman–Crippen MR) is 94.8 cm³/mol. The summed E-state index contributed by atoms with van der Waals surface area (Å²) >= 11 is 0. The summed E-state index contributed by atoms with van der Waals surface area (Å²) in [5.41, 5.74) is 2.40. The standard InChI is InChI=1S/C17H27N3O2.ClH/c1-20(2)13-15-7-5-14(6-8-15)10-19-17(21)12-18-11-16-4-3-9-22-16;/h5-8,16,18H,3-4,9-13H2,1-2H3,(H,19,21);1H. The van der Waals surface area contributed by atoms with Gasteiger partial charge in [0.2, 0.25) is 5.91 Å². The van der Waals surface area contributed by atoms with E-state index in [1.54, 1.807) is 0 Å². The molecule has 0 aliphatic carbocycles. The van der Waals surface area contributed by atoms with E-state index in [0.29, 0.717) is 13.1 Å². The molecule has 6 heteroatoms. The van der Waals surface area contributed by atoms with Crippen LogP contribution in [0, 0.1) is 0 Å². The van der Waals surface area contributed by atoms with Gasteiger partial charge in [0.25, 0.3) is 0 Å². The Morgan fingerprint density at radius 2 is 1.96 bits per heavy atom. The first kappa shape index (κ1) is 19.9. The number of rotatable bonds is 8. The third kappa shape index (κ3) is 7.79. The predicted octanol–water partition coefficient (Wildman–Crippen LogP) is 1.55. The van der Waals surface area contributed by atoms with Crippen molar-refractivity contribution in [1.82, 2.24) is 15.5 Å². The van der Waals surface area contributed by atoms with Crippen molar-refractivity contribution in [2.24, 2.45) is 0 Å². The smallest absolute Gasteiger partial charge is 0.234 e. The third-order valence-electron chi connectivity index (χ3n) is 3.69. The van der Waals surface area contributed by atoms with Gasteiger partial charge in [0, 0.05) is 26.2 Å².